The zero-order chi connectivity index (χ0) is 21.5. The van der Waals surface area contributed by atoms with Crippen molar-refractivity contribution in [1.29, 1.82) is 0 Å². The Balaban J connectivity index is 1.76. The highest BCUT2D eigenvalue weighted by atomic mass is 16.6. The lowest BCUT2D eigenvalue weighted by Gasteiger charge is -2.13. The summed E-state index contributed by atoms with van der Waals surface area (Å²) in [6.45, 7) is 1.07. The Morgan fingerprint density at radius 1 is 1.00 bits per heavy atom. The van der Waals surface area contributed by atoms with E-state index in [2.05, 4.69) is 9.97 Å². The van der Waals surface area contributed by atoms with E-state index in [1.54, 1.807) is 4.57 Å². The Kier molecular flexibility index (Phi) is 4.51. The third kappa shape index (κ3) is 3.44. The molecule has 0 bridgehead atoms. The van der Waals surface area contributed by atoms with Crippen molar-refractivity contribution in [2.24, 2.45) is 0 Å². The van der Waals surface area contributed by atoms with Crippen LogP contribution in [-0.2, 0) is 11.3 Å². The normalized spacial score (nSPS) is 16.2. The molecule has 4 aromatic rings. The van der Waals surface area contributed by atoms with E-state index in [4.69, 9.17) is 9.72 Å². The molecule has 0 amide bonds. The van der Waals surface area contributed by atoms with Crippen LogP contribution in [-0.4, -0.2) is 42.1 Å². The molecule has 1 unspecified atom stereocenters. The van der Waals surface area contributed by atoms with Crippen molar-refractivity contribution in [2.75, 3.05) is 6.61 Å². The van der Waals surface area contributed by atoms with E-state index in [1.807, 2.05) is 24.3 Å². The minimum atomic E-state index is -0.658. The van der Waals surface area contributed by atoms with Gasteiger partial charge in [0.15, 0.2) is 11.3 Å². The maximum absolute atomic E-state index is 11.4. The van der Waals surface area contributed by atoms with Crippen LogP contribution < -0.4 is 0 Å². The molecule has 1 aliphatic heterocycles. The summed E-state index contributed by atoms with van der Waals surface area (Å²) in [4.78, 5) is 35.2. The Bertz CT molecular complexity index is 1310. The molecule has 2 aromatic carbocycles. The SMILES string of the molecule is O=[N+]([O-])c1cc(-c2nc3nc4ccccc4nc3n2CC2CCCO2)cc([N+](=O)[O-])c1. The summed E-state index contributed by atoms with van der Waals surface area (Å²) >= 11 is 0. The molecule has 31 heavy (non-hydrogen) atoms. The molecule has 1 fully saturated rings. The summed E-state index contributed by atoms with van der Waals surface area (Å²) < 4.78 is 7.55. The predicted octanol–water partition coefficient (Wildman–Crippen LogP) is 3.64. The number of imidazole rings is 1. The van der Waals surface area contributed by atoms with Crippen molar-refractivity contribution >= 4 is 33.7 Å². The Hall–Kier alpha value is -3.99. The third-order valence-corrected chi connectivity index (χ3v) is 5.25. The first kappa shape index (κ1) is 19.0. The van der Waals surface area contributed by atoms with Crippen LogP contribution in [0.1, 0.15) is 12.8 Å². The first-order chi connectivity index (χ1) is 15.0. The van der Waals surface area contributed by atoms with Crippen LogP contribution in [0.3, 0.4) is 0 Å². The number of fused-ring (bicyclic) bond motifs is 2. The highest BCUT2D eigenvalue weighted by molar-refractivity contribution is 5.85. The molecule has 5 rings (SSSR count). The average molecular weight is 420 g/mol. The fourth-order valence-electron chi connectivity index (χ4n) is 3.82. The van der Waals surface area contributed by atoms with E-state index in [0.29, 0.717) is 41.3 Å². The molecule has 0 N–H and O–H groups in total. The van der Waals surface area contributed by atoms with Gasteiger partial charge < -0.3 is 9.30 Å². The molecule has 0 aliphatic carbocycles. The molecule has 1 saturated heterocycles. The molecule has 0 radical (unpaired) electrons. The number of nitrogens with zero attached hydrogens (tertiary/aromatic N) is 6. The van der Waals surface area contributed by atoms with Gasteiger partial charge in [-0.1, -0.05) is 12.1 Å². The highest BCUT2D eigenvalue weighted by Crippen LogP contribution is 2.32. The van der Waals surface area contributed by atoms with Crippen molar-refractivity contribution in [2.45, 2.75) is 25.5 Å². The van der Waals surface area contributed by atoms with Gasteiger partial charge in [-0.3, -0.25) is 20.2 Å². The van der Waals surface area contributed by atoms with Crippen LogP contribution in [0.2, 0.25) is 0 Å². The van der Waals surface area contributed by atoms with Gasteiger partial charge in [0.2, 0.25) is 0 Å². The molecule has 2 aromatic heterocycles. The van der Waals surface area contributed by atoms with Gasteiger partial charge in [-0.25, -0.2) is 15.0 Å². The highest BCUT2D eigenvalue weighted by Gasteiger charge is 2.25. The van der Waals surface area contributed by atoms with Gasteiger partial charge in [0.1, 0.15) is 5.82 Å². The van der Waals surface area contributed by atoms with Gasteiger partial charge in [0, 0.05) is 24.3 Å². The van der Waals surface area contributed by atoms with Crippen LogP contribution in [0, 0.1) is 20.2 Å². The minimum Gasteiger partial charge on any atom is -0.376 e. The monoisotopic (exact) mass is 420 g/mol. The average Bonchev–Trinajstić information content (AvgIpc) is 3.40. The number of nitro groups is 2. The summed E-state index contributed by atoms with van der Waals surface area (Å²) in [6, 6.07) is 10.8. The van der Waals surface area contributed by atoms with Gasteiger partial charge >= 0.3 is 0 Å². The van der Waals surface area contributed by atoms with E-state index < -0.39 is 9.85 Å². The van der Waals surface area contributed by atoms with Crippen molar-refractivity contribution in [1.82, 2.24) is 19.5 Å². The second-order valence-corrected chi connectivity index (χ2v) is 7.29. The number of rotatable bonds is 5. The number of hydrogen-bond donors (Lipinski definition) is 0. The molecular weight excluding hydrogens is 404 g/mol. The molecule has 156 valence electrons. The van der Waals surface area contributed by atoms with Crippen LogP contribution in [0.25, 0.3) is 33.7 Å². The van der Waals surface area contributed by atoms with E-state index in [9.17, 15) is 20.2 Å². The number of ether oxygens (including phenoxy) is 1. The molecule has 3 heterocycles. The fourth-order valence-corrected chi connectivity index (χ4v) is 3.82. The van der Waals surface area contributed by atoms with Crippen molar-refractivity contribution < 1.29 is 14.6 Å². The van der Waals surface area contributed by atoms with Crippen molar-refractivity contribution in [3.05, 3.63) is 62.7 Å². The Labute approximate surface area is 174 Å². The first-order valence-corrected chi connectivity index (χ1v) is 9.68. The zero-order valence-corrected chi connectivity index (χ0v) is 16.2. The lowest BCUT2D eigenvalue weighted by Crippen LogP contribution is -2.16. The smallest absolute Gasteiger partial charge is 0.277 e. The molecule has 0 spiro atoms. The largest absolute Gasteiger partial charge is 0.376 e. The summed E-state index contributed by atoms with van der Waals surface area (Å²) in [6.07, 6.45) is 1.72. The summed E-state index contributed by atoms with van der Waals surface area (Å²) in [5.41, 5.74) is 1.69. The topological polar surface area (TPSA) is 139 Å². The molecule has 11 nitrogen and oxygen atoms in total. The van der Waals surface area contributed by atoms with E-state index >= 15 is 0 Å². The van der Waals surface area contributed by atoms with Gasteiger partial charge in [-0.15, -0.1) is 0 Å². The maximum Gasteiger partial charge on any atom is 0.277 e. The quantitative estimate of drug-likeness (QED) is 0.352. The number of nitro benzene ring substituents is 2. The zero-order valence-electron chi connectivity index (χ0n) is 16.2. The van der Waals surface area contributed by atoms with E-state index in [1.165, 1.54) is 12.1 Å². The first-order valence-electron chi connectivity index (χ1n) is 9.68. The molecule has 11 heteroatoms. The van der Waals surface area contributed by atoms with Crippen LogP contribution in [0.4, 0.5) is 11.4 Å². The molecule has 0 saturated carbocycles. The van der Waals surface area contributed by atoms with Crippen molar-refractivity contribution in [3.8, 4) is 11.4 Å². The van der Waals surface area contributed by atoms with Gasteiger partial charge in [0.05, 0.1) is 39.6 Å². The number of aromatic nitrogens is 4. The second-order valence-electron chi connectivity index (χ2n) is 7.29. The number of non-ortho nitro benzene ring substituents is 2. The summed E-state index contributed by atoms with van der Waals surface area (Å²) in [7, 11) is 0. The summed E-state index contributed by atoms with van der Waals surface area (Å²) in [5.74, 6) is 0.326. The van der Waals surface area contributed by atoms with Gasteiger partial charge in [-0.05, 0) is 25.0 Å². The minimum absolute atomic E-state index is 0.0712. The van der Waals surface area contributed by atoms with Gasteiger partial charge in [0.25, 0.3) is 11.4 Å². The van der Waals surface area contributed by atoms with E-state index in [-0.39, 0.29) is 23.0 Å². The summed E-state index contributed by atoms with van der Waals surface area (Å²) in [5, 5.41) is 22.7. The lowest BCUT2D eigenvalue weighted by atomic mass is 10.1. The lowest BCUT2D eigenvalue weighted by molar-refractivity contribution is -0.394. The number of hydrogen-bond acceptors (Lipinski definition) is 8. The third-order valence-electron chi connectivity index (χ3n) is 5.25. The predicted molar refractivity (Wildman–Crippen MR) is 111 cm³/mol. The molecular formula is C20H16N6O5. The Morgan fingerprint density at radius 3 is 2.29 bits per heavy atom. The maximum atomic E-state index is 11.4. The fraction of sp³-hybridized carbons (Fsp3) is 0.250. The van der Waals surface area contributed by atoms with Crippen LogP contribution in [0.5, 0.6) is 0 Å². The van der Waals surface area contributed by atoms with Crippen molar-refractivity contribution in [3.63, 3.8) is 0 Å². The Morgan fingerprint density at radius 2 is 1.68 bits per heavy atom. The van der Waals surface area contributed by atoms with E-state index in [0.717, 1.165) is 18.9 Å². The molecule has 1 aliphatic rings. The standard InChI is InChI=1S/C20H16N6O5/c27-25(28)13-8-12(9-14(10-13)26(29)30)19-23-18-20(24(19)11-15-4-3-7-31-15)22-17-6-2-1-5-16(17)21-18/h1-2,5-6,8-10,15H,3-4,7,11H2. The molecule has 1 atom stereocenters. The van der Waals surface area contributed by atoms with Crippen LogP contribution >= 0.6 is 0 Å². The number of benzene rings is 2. The van der Waals surface area contributed by atoms with Gasteiger partial charge in [-0.2, -0.15) is 0 Å². The van der Waals surface area contributed by atoms with Crippen LogP contribution in [0.15, 0.2) is 42.5 Å². The second kappa shape index (κ2) is 7.36. The number of para-hydroxylation sites is 2.